The highest BCUT2D eigenvalue weighted by molar-refractivity contribution is 9.11. The van der Waals surface area contributed by atoms with Crippen LogP contribution in [0.2, 0.25) is 0 Å². The molecule has 154 valence electrons. The number of aromatic nitrogens is 1. The van der Waals surface area contributed by atoms with E-state index in [9.17, 15) is 10.1 Å². The van der Waals surface area contributed by atoms with Crippen molar-refractivity contribution in [3.05, 3.63) is 89.4 Å². The zero-order chi connectivity index (χ0) is 21.8. The van der Waals surface area contributed by atoms with Crippen LogP contribution in [0.1, 0.15) is 19.4 Å². The lowest BCUT2D eigenvalue weighted by atomic mass is 10.1. The van der Waals surface area contributed by atoms with Crippen molar-refractivity contribution < 1.29 is 4.92 Å². The molecule has 0 amide bonds. The van der Waals surface area contributed by atoms with Gasteiger partial charge in [-0.15, -0.1) is 11.3 Å². The first-order valence-electron chi connectivity index (χ1n) is 8.87. The Labute approximate surface area is 194 Å². The molecule has 0 spiro atoms. The molecule has 0 saturated carbocycles. The van der Waals surface area contributed by atoms with Crippen molar-refractivity contribution in [2.75, 3.05) is 6.54 Å². The third kappa shape index (κ3) is 5.21. The molecule has 0 aliphatic carbocycles. The molecule has 0 bridgehead atoms. The summed E-state index contributed by atoms with van der Waals surface area (Å²) in [5.74, 6) is 0. The van der Waals surface area contributed by atoms with Crippen LogP contribution >= 0.6 is 43.2 Å². The highest BCUT2D eigenvalue weighted by atomic mass is 79.9. The number of thiazole rings is 1. The Hall–Kier alpha value is -2.36. The molecule has 0 aliphatic rings. The van der Waals surface area contributed by atoms with Gasteiger partial charge in [-0.25, -0.2) is 4.68 Å². The molecule has 0 saturated heterocycles. The fourth-order valence-corrected chi connectivity index (χ4v) is 4.84. The summed E-state index contributed by atoms with van der Waals surface area (Å²) in [6.45, 7) is 8.21. The normalized spacial score (nSPS) is 12.3. The maximum atomic E-state index is 11.2. The number of benzene rings is 2. The second kappa shape index (κ2) is 9.63. The molecule has 9 heteroatoms. The summed E-state index contributed by atoms with van der Waals surface area (Å²) in [5.41, 5.74) is 4.11. The van der Waals surface area contributed by atoms with Gasteiger partial charge in [0.2, 0.25) is 4.80 Å². The smallest absolute Gasteiger partial charge is 0.258 e. The molecule has 30 heavy (non-hydrogen) atoms. The molecule has 6 nitrogen and oxygen atoms in total. The van der Waals surface area contributed by atoms with Gasteiger partial charge in [0.25, 0.3) is 5.69 Å². The van der Waals surface area contributed by atoms with Gasteiger partial charge in [0, 0.05) is 37.6 Å². The van der Waals surface area contributed by atoms with Gasteiger partial charge < -0.3 is 0 Å². The molecule has 0 radical (unpaired) electrons. The van der Waals surface area contributed by atoms with Crippen molar-refractivity contribution in [2.24, 2.45) is 10.1 Å². The van der Waals surface area contributed by atoms with E-state index in [-0.39, 0.29) is 5.69 Å². The van der Waals surface area contributed by atoms with Crippen LogP contribution in [0.15, 0.2) is 79.0 Å². The molecule has 3 rings (SSSR count). The van der Waals surface area contributed by atoms with Gasteiger partial charge in [0.15, 0.2) is 0 Å². The maximum absolute atomic E-state index is 11.2. The van der Waals surface area contributed by atoms with Crippen molar-refractivity contribution in [3.63, 3.8) is 0 Å². The predicted octanol–water partition coefficient (Wildman–Crippen LogP) is 6.40. The van der Waals surface area contributed by atoms with Crippen LogP contribution in [-0.2, 0) is 0 Å². The summed E-state index contributed by atoms with van der Waals surface area (Å²) < 4.78 is 3.60. The van der Waals surface area contributed by atoms with E-state index in [0.717, 1.165) is 31.5 Å². The Kier molecular flexibility index (Phi) is 7.17. The fraction of sp³-hybridized carbons (Fsp3) is 0.143. The minimum absolute atomic E-state index is 0.0297. The van der Waals surface area contributed by atoms with E-state index in [1.54, 1.807) is 16.8 Å². The third-order valence-electron chi connectivity index (χ3n) is 4.09. The number of nitrogens with zero attached hydrogens (tertiary/aromatic N) is 4. The summed E-state index contributed by atoms with van der Waals surface area (Å²) in [4.78, 5) is 16.1. The SMILES string of the molecule is C=C(C)CN=c1scc(-c2cccc([N+](=O)[O-])c2)n1N=C(C)c1ccc(Br)cc1Br. The van der Waals surface area contributed by atoms with Gasteiger partial charge in [-0.2, -0.15) is 5.10 Å². The highest BCUT2D eigenvalue weighted by Crippen LogP contribution is 2.26. The largest absolute Gasteiger partial charge is 0.270 e. The maximum Gasteiger partial charge on any atom is 0.270 e. The van der Waals surface area contributed by atoms with Gasteiger partial charge in [-0.05, 0) is 26.0 Å². The lowest BCUT2D eigenvalue weighted by Crippen LogP contribution is -2.15. The number of nitro benzene ring substituents is 1. The van der Waals surface area contributed by atoms with Crippen molar-refractivity contribution >= 4 is 54.6 Å². The van der Waals surface area contributed by atoms with Gasteiger partial charge >= 0.3 is 0 Å². The van der Waals surface area contributed by atoms with Gasteiger partial charge in [0.1, 0.15) is 0 Å². The van der Waals surface area contributed by atoms with E-state index in [2.05, 4.69) is 43.4 Å². The molecule has 0 fully saturated rings. The number of hydrogen-bond donors (Lipinski definition) is 0. The Morgan fingerprint density at radius 3 is 2.67 bits per heavy atom. The second-order valence-corrected chi connectivity index (χ2v) is 9.21. The average Bonchev–Trinajstić information content (AvgIpc) is 3.08. The highest BCUT2D eigenvalue weighted by Gasteiger charge is 2.13. The first kappa shape index (κ1) is 22.3. The van der Waals surface area contributed by atoms with Crippen molar-refractivity contribution in [1.82, 2.24) is 4.68 Å². The number of hydrogen-bond acceptors (Lipinski definition) is 5. The van der Waals surface area contributed by atoms with E-state index >= 15 is 0 Å². The van der Waals surface area contributed by atoms with E-state index < -0.39 is 4.92 Å². The topological polar surface area (TPSA) is 72.8 Å². The van der Waals surface area contributed by atoms with Crippen LogP contribution in [0.5, 0.6) is 0 Å². The van der Waals surface area contributed by atoms with E-state index in [0.29, 0.717) is 16.9 Å². The molecule has 2 aromatic carbocycles. The Morgan fingerprint density at radius 1 is 1.23 bits per heavy atom. The van der Waals surface area contributed by atoms with Crippen LogP contribution in [0.4, 0.5) is 5.69 Å². The molecular formula is C21H18Br2N4O2S. The number of nitro groups is 1. The van der Waals surface area contributed by atoms with Crippen LogP contribution in [-0.4, -0.2) is 21.9 Å². The van der Waals surface area contributed by atoms with Crippen LogP contribution in [0.25, 0.3) is 11.3 Å². The molecule has 0 aliphatic heterocycles. The molecule has 3 aromatic rings. The molecular weight excluding hydrogens is 532 g/mol. The standard InChI is InChI=1S/C21H18Br2N4O2S/c1-13(2)11-24-21-26(25-14(3)18-8-7-16(22)10-19(18)23)20(12-30-21)15-5-4-6-17(9-15)27(28)29/h4-10,12H,1,11H2,2-3H3. The lowest BCUT2D eigenvalue weighted by molar-refractivity contribution is -0.384. The summed E-state index contributed by atoms with van der Waals surface area (Å²) in [6.07, 6.45) is 0. The van der Waals surface area contributed by atoms with E-state index in [1.807, 2.05) is 43.5 Å². The molecule has 0 N–H and O–H groups in total. The summed E-state index contributed by atoms with van der Waals surface area (Å²) in [5, 5.41) is 17.9. The zero-order valence-corrected chi connectivity index (χ0v) is 20.3. The second-order valence-electron chi connectivity index (χ2n) is 6.61. The summed E-state index contributed by atoms with van der Waals surface area (Å²) in [6, 6.07) is 12.4. The minimum atomic E-state index is -0.403. The van der Waals surface area contributed by atoms with Crippen LogP contribution < -0.4 is 4.80 Å². The molecule has 1 aromatic heterocycles. The summed E-state index contributed by atoms with van der Waals surface area (Å²) in [7, 11) is 0. The Bertz CT molecular complexity index is 1230. The van der Waals surface area contributed by atoms with Crippen molar-refractivity contribution in [1.29, 1.82) is 0 Å². The molecule has 0 unspecified atom stereocenters. The van der Waals surface area contributed by atoms with Crippen molar-refractivity contribution in [2.45, 2.75) is 13.8 Å². The number of rotatable bonds is 6. The Balaban J connectivity index is 2.19. The first-order chi connectivity index (χ1) is 14.3. The van der Waals surface area contributed by atoms with E-state index in [4.69, 9.17) is 5.10 Å². The third-order valence-corrected chi connectivity index (χ3v) is 6.10. The van der Waals surface area contributed by atoms with Gasteiger partial charge in [-0.1, -0.05) is 62.2 Å². The zero-order valence-electron chi connectivity index (χ0n) is 16.3. The number of halogens is 2. The number of non-ortho nitro benzene ring substituents is 1. The lowest BCUT2D eigenvalue weighted by Gasteiger charge is -2.08. The first-order valence-corrected chi connectivity index (χ1v) is 11.3. The molecule has 1 heterocycles. The van der Waals surface area contributed by atoms with Crippen molar-refractivity contribution in [3.8, 4) is 11.3 Å². The Morgan fingerprint density at radius 2 is 2.00 bits per heavy atom. The molecule has 0 atom stereocenters. The fourth-order valence-electron chi connectivity index (χ4n) is 2.67. The van der Waals surface area contributed by atoms with Crippen LogP contribution in [0.3, 0.4) is 0 Å². The average molecular weight is 550 g/mol. The monoisotopic (exact) mass is 548 g/mol. The van der Waals surface area contributed by atoms with Gasteiger partial charge in [0.05, 0.1) is 22.9 Å². The summed E-state index contributed by atoms with van der Waals surface area (Å²) >= 11 is 8.47. The predicted molar refractivity (Wildman–Crippen MR) is 129 cm³/mol. The van der Waals surface area contributed by atoms with E-state index in [1.165, 1.54) is 17.4 Å². The van der Waals surface area contributed by atoms with Crippen LogP contribution in [0, 0.1) is 10.1 Å². The van der Waals surface area contributed by atoms with Gasteiger partial charge in [-0.3, -0.25) is 15.1 Å². The quantitative estimate of drug-likeness (QED) is 0.154. The minimum Gasteiger partial charge on any atom is -0.258 e.